The number of hydrogen-bond acceptors (Lipinski definition) is 6. The van der Waals surface area contributed by atoms with Gasteiger partial charge in [0.15, 0.2) is 0 Å². The first-order valence-electron chi connectivity index (χ1n) is 9.70. The van der Waals surface area contributed by atoms with Crippen molar-refractivity contribution in [2.24, 2.45) is 0 Å². The van der Waals surface area contributed by atoms with Crippen molar-refractivity contribution in [3.05, 3.63) is 71.8 Å². The first kappa shape index (κ1) is 20.9. The maximum Gasteiger partial charge on any atom is 0.114 e. The van der Waals surface area contributed by atoms with Crippen LogP contribution in [0.4, 0.5) is 0 Å². The summed E-state index contributed by atoms with van der Waals surface area (Å²) in [5, 5.41) is 34.1. The van der Waals surface area contributed by atoms with Gasteiger partial charge in [-0.15, -0.1) is 0 Å². The van der Waals surface area contributed by atoms with Gasteiger partial charge in [-0.1, -0.05) is 60.7 Å². The molecule has 1 aliphatic rings. The summed E-state index contributed by atoms with van der Waals surface area (Å²) >= 11 is 0. The summed E-state index contributed by atoms with van der Waals surface area (Å²) in [6.07, 6.45) is -2.63. The van der Waals surface area contributed by atoms with Crippen LogP contribution < -0.4 is 5.32 Å². The molecule has 4 N–H and O–H groups in total. The van der Waals surface area contributed by atoms with Gasteiger partial charge in [0.05, 0.1) is 32.0 Å². The lowest BCUT2D eigenvalue weighted by Gasteiger charge is -2.34. The standard InChI is InChI=1S/C22H29NO5/c24-13-19(27-14-16-7-3-1-4-8-16)22(21(26)20-18(25)11-12-23-20)28-15-17-9-5-2-6-10-17/h1-10,18-26H,11-15H2/t18-,19-,20+,21+,22+/m0/s1. The number of ether oxygens (including phenoxy) is 2. The second-order valence-corrected chi connectivity index (χ2v) is 7.11. The van der Waals surface area contributed by atoms with Crippen molar-refractivity contribution in [2.75, 3.05) is 13.2 Å². The van der Waals surface area contributed by atoms with Gasteiger partial charge in [0, 0.05) is 0 Å². The molecule has 5 atom stereocenters. The van der Waals surface area contributed by atoms with Crippen LogP contribution in [0, 0.1) is 0 Å². The third-order valence-corrected chi connectivity index (χ3v) is 5.08. The lowest BCUT2D eigenvalue weighted by molar-refractivity contribution is -0.155. The van der Waals surface area contributed by atoms with Gasteiger partial charge in [-0.05, 0) is 24.1 Å². The molecule has 0 unspecified atom stereocenters. The van der Waals surface area contributed by atoms with E-state index in [9.17, 15) is 15.3 Å². The van der Waals surface area contributed by atoms with Crippen LogP contribution in [-0.4, -0.2) is 58.9 Å². The van der Waals surface area contributed by atoms with Crippen molar-refractivity contribution in [1.82, 2.24) is 5.32 Å². The highest BCUT2D eigenvalue weighted by atomic mass is 16.6. The minimum absolute atomic E-state index is 0.274. The van der Waals surface area contributed by atoms with Gasteiger partial charge in [-0.25, -0.2) is 0 Å². The van der Waals surface area contributed by atoms with Gasteiger partial charge in [-0.2, -0.15) is 0 Å². The zero-order chi connectivity index (χ0) is 19.8. The molecule has 1 fully saturated rings. The molecule has 6 nitrogen and oxygen atoms in total. The molecule has 0 amide bonds. The Balaban J connectivity index is 1.70. The first-order valence-corrected chi connectivity index (χ1v) is 9.70. The number of benzene rings is 2. The molecular weight excluding hydrogens is 358 g/mol. The molecule has 0 spiro atoms. The second kappa shape index (κ2) is 10.7. The quantitative estimate of drug-likeness (QED) is 0.490. The average Bonchev–Trinajstić information content (AvgIpc) is 3.17. The predicted octanol–water partition coefficient (Wildman–Crippen LogP) is 1.23. The smallest absolute Gasteiger partial charge is 0.114 e. The van der Waals surface area contributed by atoms with E-state index in [4.69, 9.17) is 9.47 Å². The summed E-state index contributed by atoms with van der Waals surface area (Å²) in [4.78, 5) is 0. The minimum atomic E-state index is -1.02. The number of aliphatic hydroxyl groups excluding tert-OH is 3. The van der Waals surface area contributed by atoms with Crippen LogP contribution in [0.15, 0.2) is 60.7 Å². The molecule has 0 aliphatic carbocycles. The van der Waals surface area contributed by atoms with Crippen molar-refractivity contribution < 1.29 is 24.8 Å². The van der Waals surface area contributed by atoms with Gasteiger partial charge in [-0.3, -0.25) is 0 Å². The molecule has 6 heteroatoms. The molecular formula is C22H29NO5. The summed E-state index contributed by atoms with van der Waals surface area (Å²) < 4.78 is 11.9. The number of nitrogens with one attached hydrogen (secondary N) is 1. The van der Waals surface area contributed by atoms with Crippen molar-refractivity contribution in [3.63, 3.8) is 0 Å². The molecule has 0 saturated carbocycles. The number of rotatable bonds is 10. The lowest BCUT2D eigenvalue weighted by Crippen LogP contribution is -2.54. The maximum atomic E-state index is 10.9. The van der Waals surface area contributed by atoms with Gasteiger partial charge in [0.2, 0.25) is 0 Å². The van der Waals surface area contributed by atoms with Crippen LogP contribution in [0.3, 0.4) is 0 Å². The van der Waals surface area contributed by atoms with E-state index in [1.54, 1.807) is 0 Å². The molecule has 2 aromatic rings. The Kier molecular flexibility index (Phi) is 7.97. The first-order chi connectivity index (χ1) is 13.7. The van der Waals surface area contributed by atoms with Crippen molar-refractivity contribution in [3.8, 4) is 0 Å². The molecule has 0 bridgehead atoms. The van der Waals surface area contributed by atoms with E-state index in [1.807, 2.05) is 60.7 Å². The monoisotopic (exact) mass is 387 g/mol. The van der Waals surface area contributed by atoms with Gasteiger partial charge < -0.3 is 30.1 Å². The highest BCUT2D eigenvalue weighted by Crippen LogP contribution is 2.21. The second-order valence-electron chi connectivity index (χ2n) is 7.11. The van der Waals surface area contributed by atoms with Crippen molar-refractivity contribution in [2.45, 2.75) is 50.1 Å². The van der Waals surface area contributed by atoms with Crippen LogP contribution in [-0.2, 0) is 22.7 Å². The summed E-state index contributed by atoms with van der Waals surface area (Å²) in [6, 6.07) is 18.8. The van der Waals surface area contributed by atoms with Crippen LogP contribution in [0.25, 0.3) is 0 Å². The topological polar surface area (TPSA) is 91.2 Å². The fourth-order valence-electron chi connectivity index (χ4n) is 3.49. The zero-order valence-corrected chi connectivity index (χ0v) is 15.9. The third kappa shape index (κ3) is 5.61. The summed E-state index contributed by atoms with van der Waals surface area (Å²) in [5.41, 5.74) is 1.93. The molecule has 3 rings (SSSR count). The Morgan fingerprint density at radius 3 is 2.00 bits per heavy atom. The highest BCUT2D eigenvalue weighted by Gasteiger charge is 2.40. The molecule has 0 aromatic heterocycles. The highest BCUT2D eigenvalue weighted by molar-refractivity contribution is 5.14. The van der Waals surface area contributed by atoms with Gasteiger partial charge >= 0.3 is 0 Å². The number of aliphatic hydroxyl groups is 3. The van der Waals surface area contributed by atoms with Crippen LogP contribution in [0.2, 0.25) is 0 Å². The van der Waals surface area contributed by atoms with Crippen LogP contribution >= 0.6 is 0 Å². The molecule has 1 heterocycles. The Hall–Kier alpha value is -1.80. The maximum absolute atomic E-state index is 10.9. The summed E-state index contributed by atoms with van der Waals surface area (Å²) in [7, 11) is 0. The molecule has 152 valence electrons. The van der Waals surface area contributed by atoms with Gasteiger partial charge in [0.25, 0.3) is 0 Å². The molecule has 1 saturated heterocycles. The van der Waals surface area contributed by atoms with E-state index >= 15 is 0 Å². The SMILES string of the molecule is OC[C@H](OCc1ccccc1)[C@@H](OCc1ccccc1)[C@H](O)[C@@H]1NCC[C@@H]1O. The van der Waals surface area contributed by atoms with Crippen molar-refractivity contribution in [1.29, 1.82) is 0 Å². The number of hydrogen-bond donors (Lipinski definition) is 4. The normalized spacial score (nSPS) is 22.7. The average molecular weight is 387 g/mol. The molecule has 2 aromatic carbocycles. The fourth-order valence-corrected chi connectivity index (χ4v) is 3.49. The summed E-state index contributed by atoms with van der Waals surface area (Å²) in [5.74, 6) is 0. The van der Waals surface area contributed by atoms with E-state index < -0.39 is 30.5 Å². The van der Waals surface area contributed by atoms with E-state index in [2.05, 4.69) is 5.32 Å². The largest absolute Gasteiger partial charge is 0.394 e. The Morgan fingerprint density at radius 1 is 0.929 bits per heavy atom. The Morgan fingerprint density at radius 2 is 1.50 bits per heavy atom. The predicted molar refractivity (Wildman–Crippen MR) is 106 cm³/mol. The van der Waals surface area contributed by atoms with Gasteiger partial charge in [0.1, 0.15) is 18.3 Å². The van der Waals surface area contributed by atoms with Crippen molar-refractivity contribution >= 4 is 0 Å². The third-order valence-electron chi connectivity index (χ3n) is 5.08. The Labute approximate surface area is 165 Å². The molecule has 0 radical (unpaired) electrons. The van der Waals surface area contributed by atoms with E-state index in [-0.39, 0.29) is 13.2 Å². The minimum Gasteiger partial charge on any atom is -0.394 e. The van der Waals surface area contributed by atoms with E-state index in [0.717, 1.165) is 11.1 Å². The summed E-state index contributed by atoms with van der Waals surface area (Å²) in [6.45, 7) is 0.899. The fraction of sp³-hybridized carbons (Fsp3) is 0.455. The zero-order valence-electron chi connectivity index (χ0n) is 15.9. The lowest BCUT2D eigenvalue weighted by atomic mass is 9.97. The van der Waals surface area contributed by atoms with E-state index in [1.165, 1.54) is 0 Å². The van der Waals surface area contributed by atoms with E-state index in [0.29, 0.717) is 19.6 Å². The van der Waals surface area contributed by atoms with Crippen LogP contribution in [0.1, 0.15) is 17.5 Å². The molecule has 1 aliphatic heterocycles. The molecule has 28 heavy (non-hydrogen) atoms. The van der Waals surface area contributed by atoms with Crippen LogP contribution in [0.5, 0.6) is 0 Å². The Bertz CT molecular complexity index is 684.